The summed E-state index contributed by atoms with van der Waals surface area (Å²) in [7, 11) is 0. The number of amides is 1. The standard InChI is InChI=1S/C13H20N2O4S/c1-8(2)11(12(17)18)14-10(16)5-4-6-15-9(3)7-20-13(15)19/h7-8,11H,4-6H2,1-3H3,(H,14,16)(H,17,18)/t11-/m0/s1. The van der Waals surface area contributed by atoms with Crippen molar-refractivity contribution in [2.75, 3.05) is 0 Å². The van der Waals surface area contributed by atoms with Crippen LogP contribution in [0.4, 0.5) is 0 Å². The third-order valence-corrected chi connectivity index (χ3v) is 3.89. The van der Waals surface area contributed by atoms with E-state index in [0.29, 0.717) is 13.0 Å². The minimum absolute atomic E-state index is 0.0338. The second-order valence-electron chi connectivity index (χ2n) is 5.03. The highest BCUT2D eigenvalue weighted by Gasteiger charge is 2.22. The molecule has 7 heteroatoms. The van der Waals surface area contributed by atoms with Crippen LogP contribution in [-0.2, 0) is 16.1 Å². The van der Waals surface area contributed by atoms with Crippen LogP contribution in [-0.4, -0.2) is 27.6 Å². The summed E-state index contributed by atoms with van der Waals surface area (Å²) in [6.07, 6.45) is 0.714. The van der Waals surface area contributed by atoms with Gasteiger partial charge in [0.1, 0.15) is 6.04 Å². The molecule has 112 valence electrons. The largest absolute Gasteiger partial charge is 0.480 e. The molecule has 1 rings (SSSR count). The molecule has 0 spiro atoms. The molecule has 0 aliphatic heterocycles. The Morgan fingerprint density at radius 3 is 2.55 bits per heavy atom. The summed E-state index contributed by atoms with van der Waals surface area (Å²) in [6.45, 7) is 5.80. The predicted octanol–water partition coefficient (Wildman–Crippen LogP) is 1.22. The molecule has 1 heterocycles. The Hall–Kier alpha value is -1.63. The van der Waals surface area contributed by atoms with Crippen molar-refractivity contribution in [3.63, 3.8) is 0 Å². The van der Waals surface area contributed by atoms with Crippen LogP contribution < -0.4 is 10.2 Å². The first kappa shape index (κ1) is 16.4. The first-order valence-corrected chi connectivity index (χ1v) is 7.38. The summed E-state index contributed by atoms with van der Waals surface area (Å²) < 4.78 is 1.62. The van der Waals surface area contributed by atoms with Gasteiger partial charge in [0.2, 0.25) is 5.91 Å². The van der Waals surface area contributed by atoms with Crippen LogP contribution in [0.2, 0.25) is 0 Å². The number of hydrogen-bond donors (Lipinski definition) is 2. The highest BCUT2D eigenvalue weighted by Crippen LogP contribution is 2.05. The molecule has 0 unspecified atom stereocenters. The molecule has 6 nitrogen and oxygen atoms in total. The van der Waals surface area contributed by atoms with Crippen molar-refractivity contribution in [2.45, 2.75) is 46.2 Å². The third-order valence-electron chi connectivity index (χ3n) is 3.01. The average Bonchev–Trinajstić information content (AvgIpc) is 2.66. The van der Waals surface area contributed by atoms with Crippen molar-refractivity contribution < 1.29 is 14.7 Å². The number of rotatable bonds is 7. The minimum Gasteiger partial charge on any atom is -0.480 e. The molecule has 0 aromatic carbocycles. The Labute approximate surface area is 121 Å². The van der Waals surface area contributed by atoms with Gasteiger partial charge in [0.05, 0.1) is 0 Å². The van der Waals surface area contributed by atoms with E-state index in [9.17, 15) is 14.4 Å². The normalized spacial score (nSPS) is 12.4. The van der Waals surface area contributed by atoms with Crippen molar-refractivity contribution in [1.29, 1.82) is 0 Å². The van der Waals surface area contributed by atoms with Gasteiger partial charge in [0.15, 0.2) is 0 Å². The molecule has 0 saturated heterocycles. The van der Waals surface area contributed by atoms with Crippen LogP contribution >= 0.6 is 11.3 Å². The zero-order valence-electron chi connectivity index (χ0n) is 11.9. The average molecular weight is 300 g/mol. The van der Waals surface area contributed by atoms with E-state index in [4.69, 9.17) is 5.11 Å². The highest BCUT2D eigenvalue weighted by atomic mass is 32.1. The first-order valence-electron chi connectivity index (χ1n) is 6.50. The summed E-state index contributed by atoms with van der Waals surface area (Å²) in [5.41, 5.74) is 0.881. The smallest absolute Gasteiger partial charge is 0.326 e. The molecule has 1 aromatic rings. The first-order chi connectivity index (χ1) is 9.32. The van der Waals surface area contributed by atoms with Gasteiger partial charge in [-0.25, -0.2) is 4.79 Å². The molecule has 0 aliphatic rings. The molecule has 20 heavy (non-hydrogen) atoms. The maximum atomic E-state index is 11.7. The number of hydrogen-bond acceptors (Lipinski definition) is 4. The summed E-state index contributed by atoms with van der Waals surface area (Å²) in [5, 5.41) is 13.3. The zero-order chi connectivity index (χ0) is 15.3. The number of aryl methyl sites for hydroxylation is 1. The van der Waals surface area contributed by atoms with Gasteiger partial charge in [-0.1, -0.05) is 25.2 Å². The van der Waals surface area contributed by atoms with Crippen molar-refractivity contribution in [3.05, 3.63) is 20.7 Å². The van der Waals surface area contributed by atoms with Crippen molar-refractivity contribution >= 4 is 23.2 Å². The monoisotopic (exact) mass is 300 g/mol. The predicted molar refractivity (Wildman–Crippen MR) is 77.0 cm³/mol. The fraction of sp³-hybridized carbons (Fsp3) is 0.615. The Morgan fingerprint density at radius 2 is 2.10 bits per heavy atom. The van der Waals surface area contributed by atoms with Crippen LogP contribution in [0.15, 0.2) is 10.2 Å². The lowest BCUT2D eigenvalue weighted by atomic mass is 10.0. The number of carbonyl (C=O) groups excluding carboxylic acids is 1. The van der Waals surface area contributed by atoms with Gasteiger partial charge in [0.25, 0.3) is 0 Å². The highest BCUT2D eigenvalue weighted by molar-refractivity contribution is 7.07. The number of thiazole rings is 1. The van der Waals surface area contributed by atoms with E-state index >= 15 is 0 Å². The van der Waals surface area contributed by atoms with E-state index in [2.05, 4.69) is 5.32 Å². The topological polar surface area (TPSA) is 88.4 Å². The maximum Gasteiger partial charge on any atom is 0.326 e. The molecule has 0 aliphatic carbocycles. The Kier molecular flexibility index (Phi) is 5.94. The van der Waals surface area contributed by atoms with Crippen LogP contribution in [0.5, 0.6) is 0 Å². The molecular weight excluding hydrogens is 280 g/mol. The van der Waals surface area contributed by atoms with Crippen LogP contribution in [0.3, 0.4) is 0 Å². The van der Waals surface area contributed by atoms with Crippen molar-refractivity contribution in [2.24, 2.45) is 5.92 Å². The summed E-state index contributed by atoms with van der Waals surface area (Å²) >= 11 is 1.14. The van der Waals surface area contributed by atoms with Gasteiger partial charge < -0.3 is 15.0 Å². The lowest BCUT2D eigenvalue weighted by Gasteiger charge is -2.17. The lowest BCUT2D eigenvalue weighted by Crippen LogP contribution is -2.44. The van der Waals surface area contributed by atoms with Crippen LogP contribution in [0.1, 0.15) is 32.4 Å². The van der Waals surface area contributed by atoms with E-state index in [1.165, 1.54) is 0 Å². The number of nitrogens with zero attached hydrogens (tertiary/aromatic N) is 1. The number of carbonyl (C=O) groups is 2. The number of carboxylic acid groups (broad SMARTS) is 1. The summed E-state index contributed by atoms with van der Waals surface area (Å²) in [6, 6.07) is -0.867. The van der Waals surface area contributed by atoms with E-state index in [1.54, 1.807) is 23.8 Å². The molecule has 0 bridgehead atoms. The zero-order valence-corrected chi connectivity index (χ0v) is 12.7. The quantitative estimate of drug-likeness (QED) is 0.792. The second-order valence-corrected chi connectivity index (χ2v) is 5.85. The van der Waals surface area contributed by atoms with Gasteiger partial charge in [0, 0.05) is 24.0 Å². The molecule has 1 atom stereocenters. The van der Waals surface area contributed by atoms with Crippen molar-refractivity contribution in [3.8, 4) is 0 Å². The van der Waals surface area contributed by atoms with Crippen LogP contribution in [0, 0.1) is 12.8 Å². The Morgan fingerprint density at radius 1 is 1.45 bits per heavy atom. The molecule has 2 N–H and O–H groups in total. The van der Waals surface area contributed by atoms with Gasteiger partial charge >= 0.3 is 10.8 Å². The molecule has 0 fully saturated rings. The van der Waals surface area contributed by atoms with Gasteiger partial charge in [-0.05, 0) is 19.3 Å². The number of aromatic nitrogens is 1. The summed E-state index contributed by atoms with van der Waals surface area (Å²) in [5.74, 6) is -1.50. The Bertz CT molecular complexity index is 533. The molecule has 0 saturated carbocycles. The minimum atomic E-state index is -1.03. The molecule has 0 radical (unpaired) electrons. The van der Waals surface area contributed by atoms with E-state index in [-0.39, 0.29) is 23.1 Å². The van der Waals surface area contributed by atoms with E-state index in [1.807, 2.05) is 6.92 Å². The van der Waals surface area contributed by atoms with E-state index in [0.717, 1.165) is 17.0 Å². The number of nitrogens with one attached hydrogen (secondary N) is 1. The number of aliphatic carboxylic acids is 1. The van der Waals surface area contributed by atoms with Crippen LogP contribution in [0.25, 0.3) is 0 Å². The molecule has 1 amide bonds. The summed E-state index contributed by atoms with van der Waals surface area (Å²) in [4.78, 5) is 34.1. The van der Waals surface area contributed by atoms with Gasteiger partial charge in [-0.3, -0.25) is 9.59 Å². The fourth-order valence-corrected chi connectivity index (χ4v) is 2.59. The SMILES string of the molecule is Cc1csc(=O)n1CCCC(=O)N[C@H](C(=O)O)C(C)C. The fourth-order valence-electron chi connectivity index (χ4n) is 1.83. The lowest BCUT2D eigenvalue weighted by molar-refractivity contribution is -0.143. The maximum absolute atomic E-state index is 11.7. The van der Waals surface area contributed by atoms with Gasteiger partial charge in [-0.2, -0.15) is 0 Å². The molecule has 1 aromatic heterocycles. The Balaban J connectivity index is 2.44. The molecular formula is C13H20N2O4S. The third kappa shape index (κ3) is 4.48. The van der Waals surface area contributed by atoms with E-state index < -0.39 is 12.0 Å². The van der Waals surface area contributed by atoms with Crippen molar-refractivity contribution in [1.82, 2.24) is 9.88 Å². The second kappa shape index (κ2) is 7.23. The number of carboxylic acids is 1. The van der Waals surface area contributed by atoms with Gasteiger partial charge in [-0.15, -0.1) is 0 Å².